The third-order valence-corrected chi connectivity index (χ3v) is 7.38. The zero-order valence-electron chi connectivity index (χ0n) is 21.1. The van der Waals surface area contributed by atoms with Crippen molar-refractivity contribution in [3.05, 3.63) is 66.1 Å². The summed E-state index contributed by atoms with van der Waals surface area (Å²) in [6.07, 6.45) is 4.39. The third kappa shape index (κ3) is 4.43. The third-order valence-electron chi connectivity index (χ3n) is 7.38. The molecule has 3 aromatic heterocycles. The zero-order valence-corrected chi connectivity index (χ0v) is 21.1. The molecule has 1 unspecified atom stereocenters. The molecule has 37 heavy (non-hydrogen) atoms. The van der Waals surface area contributed by atoms with E-state index >= 15 is 0 Å². The smallest absolute Gasteiger partial charge is 0.242 e. The SMILES string of the molecule is COc1ccc(N2CCc3cccc(N4CCN(C(=O)Cn5cnc6cccnc65)C(C)C4)c3C2)nn1. The molecule has 1 aromatic carbocycles. The van der Waals surface area contributed by atoms with Gasteiger partial charge in [0.15, 0.2) is 11.5 Å². The van der Waals surface area contributed by atoms with Crippen molar-refractivity contribution < 1.29 is 9.53 Å². The summed E-state index contributed by atoms with van der Waals surface area (Å²) in [5.41, 5.74) is 5.49. The maximum Gasteiger partial charge on any atom is 0.242 e. The van der Waals surface area contributed by atoms with E-state index in [1.54, 1.807) is 19.6 Å². The molecule has 190 valence electrons. The fourth-order valence-corrected chi connectivity index (χ4v) is 5.44. The van der Waals surface area contributed by atoms with Crippen LogP contribution in [0.3, 0.4) is 0 Å². The highest BCUT2D eigenvalue weighted by atomic mass is 16.5. The van der Waals surface area contributed by atoms with E-state index in [1.165, 1.54) is 16.8 Å². The normalized spacial score (nSPS) is 17.7. The number of carbonyl (C=O) groups is 1. The molecule has 0 bridgehead atoms. The second kappa shape index (κ2) is 9.68. The van der Waals surface area contributed by atoms with E-state index in [-0.39, 0.29) is 18.5 Å². The van der Waals surface area contributed by atoms with Gasteiger partial charge in [-0.3, -0.25) is 4.79 Å². The summed E-state index contributed by atoms with van der Waals surface area (Å²) in [7, 11) is 1.60. The number of nitrogens with zero attached hydrogens (tertiary/aromatic N) is 8. The Balaban J connectivity index is 1.16. The topological polar surface area (TPSA) is 92.5 Å². The highest BCUT2D eigenvalue weighted by molar-refractivity contribution is 5.79. The molecule has 0 saturated carbocycles. The van der Waals surface area contributed by atoms with Crippen molar-refractivity contribution in [2.24, 2.45) is 0 Å². The number of methoxy groups -OCH3 is 1. The van der Waals surface area contributed by atoms with Gasteiger partial charge in [0.2, 0.25) is 11.8 Å². The van der Waals surface area contributed by atoms with E-state index in [4.69, 9.17) is 4.74 Å². The summed E-state index contributed by atoms with van der Waals surface area (Å²) < 4.78 is 6.99. The zero-order chi connectivity index (χ0) is 25.4. The second-order valence-corrected chi connectivity index (χ2v) is 9.62. The Morgan fingerprint density at radius 3 is 2.76 bits per heavy atom. The van der Waals surface area contributed by atoms with E-state index in [1.807, 2.05) is 33.7 Å². The van der Waals surface area contributed by atoms with Crippen molar-refractivity contribution in [1.82, 2.24) is 29.6 Å². The average molecular weight is 499 g/mol. The molecular formula is C27H30N8O2. The summed E-state index contributed by atoms with van der Waals surface area (Å²) in [6.45, 7) is 6.30. The van der Waals surface area contributed by atoms with Crippen LogP contribution in [0.2, 0.25) is 0 Å². The Kier molecular flexibility index (Phi) is 6.07. The molecule has 1 fully saturated rings. The number of imidazole rings is 1. The molecular weight excluding hydrogens is 468 g/mol. The summed E-state index contributed by atoms with van der Waals surface area (Å²) >= 11 is 0. The first-order valence-electron chi connectivity index (χ1n) is 12.6. The maximum atomic E-state index is 13.2. The van der Waals surface area contributed by atoms with Crippen LogP contribution in [0.5, 0.6) is 5.88 Å². The van der Waals surface area contributed by atoms with Gasteiger partial charge in [-0.05, 0) is 48.7 Å². The van der Waals surface area contributed by atoms with Gasteiger partial charge >= 0.3 is 0 Å². The fraction of sp³-hybridized carbons (Fsp3) is 0.370. The van der Waals surface area contributed by atoms with Crippen LogP contribution in [-0.4, -0.2) is 74.9 Å². The molecule has 1 saturated heterocycles. The van der Waals surface area contributed by atoms with Crippen LogP contribution in [0, 0.1) is 0 Å². The Morgan fingerprint density at radius 1 is 1.03 bits per heavy atom. The lowest BCUT2D eigenvalue weighted by atomic mass is 9.96. The molecule has 2 aliphatic rings. The number of hydrogen-bond acceptors (Lipinski definition) is 8. The number of pyridine rings is 1. The lowest BCUT2D eigenvalue weighted by molar-refractivity contribution is -0.134. The Morgan fingerprint density at radius 2 is 1.95 bits per heavy atom. The molecule has 6 rings (SSSR count). The quantitative estimate of drug-likeness (QED) is 0.415. The molecule has 1 amide bonds. The number of fused-ring (bicyclic) bond motifs is 2. The first kappa shape index (κ1) is 23.2. The predicted molar refractivity (Wildman–Crippen MR) is 141 cm³/mol. The van der Waals surface area contributed by atoms with Gasteiger partial charge < -0.3 is 24.0 Å². The molecule has 10 nitrogen and oxygen atoms in total. The maximum absolute atomic E-state index is 13.2. The van der Waals surface area contributed by atoms with Crippen LogP contribution in [0.15, 0.2) is 55.0 Å². The van der Waals surface area contributed by atoms with Crippen LogP contribution in [-0.2, 0) is 24.3 Å². The summed E-state index contributed by atoms with van der Waals surface area (Å²) in [5, 5.41) is 8.51. The number of amides is 1. The van der Waals surface area contributed by atoms with Gasteiger partial charge in [-0.15, -0.1) is 10.2 Å². The van der Waals surface area contributed by atoms with Crippen molar-refractivity contribution >= 4 is 28.6 Å². The minimum Gasteiger partial charge on any atom is -0.480 e. The minimum atomic E-state index is 0.0898. The van der Waals surface area contributed by atoms with Crippen molar-refractivity contribution in [3.8, 4) is 5.88 Å². The standard InChI is InChI=1S/C27H30N8O2/c1-19-15-32(13-14-35(19)26(36)17-34-18-29-22-6-4-11-28-27(22)34)23-7-3-5-20-10-12-33(16-21(20)23)24-8-9-25(37-2)31-30-24/h3-9,11,18-19H,10,12-17H2,1-2H3. The predicted octanol–water partition coefficient (Wildman–Crippen LogP) is 2.53. The Hall–Kier alpha value is -4.21. The number of carbonyl (C=O) groups excluding carboxylic acids is 1. The van der Waals surface area contributed by atoms with Gasteiger partial charge in [0.1, 0.15) is 12.1 Å². The molecule has 1 atom stereocenters. The summed E-state index contributed by atoms with van der Waals surface area (Å²) in [4.78, 5) is 28.7. The van der Waals surface area contributed by atoms with E-state index in [9.17, 15) is 4.79 Å². The van der Waals surface area contributed by atoms with Crippen molar-refractivity contribution in [1.29, 1.82) is 0 Å². The lowest BCUT2D eigenvalue weighted by Gasteiger charge is -2.42. The van der Waals surface area contributed by atoms with E-state index in [0.29, 0.717) is 12.4 Å². The van der Waals surface area contributed by atoms with Crippen molar-refractivity contribution in [2.45, 2.75) is 32.5 Å². The highest BCUT2D eigenvalue weighted by Crippen LogP contribution is 2.32. The monoisotopic (exact) mass is 498 g/mol. The number of benzene rings is 1. The lowest BCUT2D eigenvalue weighted by Crippen LogP contribution is -2.55. The molecule has 10 heteroatoms. The summed E-state index contributed by atoms with van der Waals surface area (Å²) in [5.74, 6) is 1.46. The molecule has 5 heterocycles. The number of hydrogen-bond donors (Lipinski definition) is 0. The van der Waals surface area contributed by atoms with Crippen LogP contribution in [0.1, 0.15) is 18.1 Å². The van der Waals surface area contributed by atoms with E-state index < -0.39 is 0 Å². The molecule has 0 spiro atoms. The second-order valence-electron chi connectivity index (χ2n) is 9.62. The van der Waals surface area contributed by atoms with Crippen LogP contribution in [0.25, 0.3) is 11.2 Å². The number of piperazine rings is 1. The van der Waals surface area contributed by atoms with Gasteiger partial charge in [-0.2, -0.15) is 0 Å². The van der Waals surface area contributed by atoms with Crippen molar-refractivity contribution in [2.75, 3.05) is 43.1 Å². The fourth-order valence-electron chi connectivity index (χ4n) is 5.44. The van der Waals surface area contributed by atoms with Gasteiger partial charge in [0, 0.05) is 56.7 Å². The number of rotatable bonds is 5. The van der Waals surface area contributed by atoms with Crippen LogP contribution >= 0.6 is 0 Å². The minimum absolute atomic E-state index is 0.0898. The van der Waals surface area contributed by atoms with Gasteiger partial charge in [-0.25, -0.2) is 9.97 Å². The number of ether oxygens (including phenoxy) is 1. The van der Waals surface area contributed by atoms with E-state index in [0.717, 1.165) is 49.6 Å². The van der Waals surface area contributed by atoms with Gasteiger partial charge in [-0.1, -0.05) is 12.1 Å². The first-order valence-corrected chi connectivity index (χ1v) is 12.6. The van der Waals surface area contributed by atoms with Gasteiger partial charge in [0.25, 0.3) is 0 Å². The van der Waals surface area contributed by atoms with Crippen LogP contribution < -0.4 is 14.5 Å². The molecule has 0 radical (unpaired) electrons. The van der Waals surface area contributed by atoms with Gasteiger partial charge in [0.05, 0.1) is 13.4 Å². The molecule has 0 aliphatic carbocycles. The van der Waals surface area contributed by atoms with Crippen molar-refractivity contribution in [3.63, 3.8) is 0 Å². The number of aromatic nitrogens is 5. The summed E-state index contributed by atoms with van der Waals surface area (Å²) in [6, 6.07) is 14.2. The number of anilines is 2. The Bertz CT molecular complexity index is 1420. The highest BCUT2D eigenvalue weighted by Gasteiger charge is 2.30. The molecule has 0 N–H and O–H groups in total. The largest absolute Gasteiger partial charge is 0.480 e. The molecule has 4 aromatic rings. The molecule has 2 aliphatic heterocycles. The van der Waals surface area contributed by atoms with E-state index in [2.05, 4.69) is 55.1 Å². The van der Waals surface area contributed by atoms with Crippen LogP contribution in [0.4, 0.5) is 11.5 Å². The first-order chi connectivity index (χ1) is 18.1. The average Bonchev–Trinajstić information content (AvgIpc) is 3.35. The Labute approximate surface area is 215 Å².